The van der Waals surface area contributed by atoms with Gasteiger partial charge in [0.2, 0.25) is 11.8 Å². The fraction of sp³-hybridized carbons (Fsp3) is 0.905. The Balaban J connectivity index is 1.50. The molecule has 14 heteroatoms. The van der Waals surface area contributed by atoms with Crippen LogP contribution in [0.1, 0.15) is 32.1 Å². The van der Waals surface area contributed by atoms with Crippen molar-refractivity contribution in [3.8, 4) is 0 Å². The first-order valence-electron chi connectivity index (χ1n) is 12.0. The highest BCUT2D eigenvalue weighted by molar-refractivity contribution is 5.77. The smallest absolute Gasteiger partial charge is 0.246 e. The summed E-state index contributed by atoms with van der Waals surface area (Å²) in [6, 6.07) is -2.43. The summed E-state index contributed by atoms with van der Waals surface area (Å²) < 4.78 is 10.8. The summed E-state index contributed by atoms with van der Waals surface area (Å²) in [6.07, 6.45) is -3.90. The van der Waals surface area contributed by atoms with Crippen molar-refractivity contribution in [2.24, 2.45) is 22.9 Å². The molecule has 0 bridgehead atoms. The van der Waals surface area contributed by atoms with E-state index in [2.05, 4.69) is 10.6 Å². The Hall–Kier alpha value is -1.46. The first-order valence-corrected chi connectivity index (χ1v) is 12.0. The van der Waals surface area contributed by atoms with Gasteiger partial charge in [-0.3, -0.25) is 9.59 Å². The summed E-state index contributed by atoms with van der Waals surface area (Å²) in [6.45, 7) is 0.230. The van der Waals surface area contributed by atoms with Crippen molar-refractivity contribution >= 4 is 11.8 Å². The number of aliphatic hydroxyl groups excluding tert-OH is 4. The first kappa shape index (κ1) is 29.8. The standard InChI is InChI=1S/C21H42N6O8/c22-10-6-12(24)20(18(32)16(10)30)34-8-14(28)26-4-2-1-3-5-27-15(29)9-35-21-13(25)7-11(23)17(31)19(21)33/h10-13,16-21,30-33H,1-9,22-25H2,(H,26,28)(H,27,29)/t10-,11-,12+,13+,16+,17+,18-,19-,20-,21-/m0/s1. The van der Waals surface area contributed by atoms with Crippen LogP contribution in [0.5, 0.6) is 0 Å². The number of unbranched alkanes of at least 4 members (excludes halogenated alkanes) is 2. The molecule has 2 rings (SSSR count). The van der Waals surface area contributed by atoms with Gasteiger partial charge in [0.25, 0.3) is 0 Å². The normalized spacial score (nSPS) is 37.6. The van der Waals surface area contributed by atoms with Gasteiger partial charge >= 0.3 is 0 Å². The predicted octanol–water partition coefficient (Wildman–Crippen LogP) is -5.28. The molecule has 0 aromatic heterocycles. The van der Waals surface area contributed by atoms with Gasteiger partial charge in [0.05, 0.1) is 12.2 Å². The number of hydrogen-bond acceptors (Lipinski definition) is 12. The molecule has 2 amide bonds. The molecule has 0 aromatic rings. The summed E-state index contributed by atoms with van der Waals surface area (Å²) in [5.74, 6) is -0.734. The van der Waals surface area contributed by atoms with Crippen LogP contribution < -0.4 is 33.6 Å². The van der Waals surface area contributed by atoms with E-state index in [1.807, 2.05) is 0 Å². The van der Waals surface area contributed by atoms with Crippen molar-refractivity contribution in [1.82, 2.24) is 10.6 Å². The number of nitrogens with two attached hydrogens (primary N) is 4. The molecule has 35 heavy (non-hydrogen) atoms. The van der Waals surface area contributed by atoms with Gasteiger partial charge in [0, 0.05) is 37.3 Å². The van der Waals surface area contributed by atoms with E-state index in [4.69, 9.17) is 32.4 Å². The zero-order valence-electron chi connectivity index (χ0n) is 19.9. The third-order valence-corrected chi connectivity index (χ3v) is 6.49. The Bertz CT molecular complexity index is 622. The molecule has 0 spiro atoms. The van der Waals surface area contributed by atoms with Gasteiger partial charge in [-0.05, 0) is 32.1 Å². The number of carbonyl (C=O) groups excluding carboxylic acids is 2. The lowest BCUT2D eigenvalue weighted by Crippen LogP contribution is -2.62. The molecule has 0 saturated heterocycles. The monoisotopic (exact) mass is 506 g/mol. The maximum Gasteiger partial charge on any atom is 0.246 e. The van der Waals surface area contributed by atoms with Crippen molar-refractivity contribution in [3.63, 3.8) is 0 Å². The molecule has 2 saturated carbocycles. The summed E-state index contributed by atoms with van der Waals surface area (Å²) in [5, 5.41) is 45.1. The van der Waals surface area contributed by atoms with Gasteiger partial charge < -0.3 is 63.5 Å². The van der Waals surface area contributed by atoms with Gasteiger partial charge in [-0.2, -0.15) is 0 Å². The number of ether oxygens (including phenoxy) is 2. The fourth-order valence-corrected chi connectivity index (χ4v) is 4.35. The molecule has 2 aliphatic carbocycles. The maximum absolute atomic E-state index is 11.9. The Labute approximate surface area is 204 Å². The molecule has 0 aliphatic heterocycles. The van der Waals surface area contributed by atoms with Crippen LogP contribution in [0.2, 0.25) is 0 Å². The lowest BCUT2D eigenvalue weighted by molar-refractivity contribution is -0.145. The lowest BCUT2D eigenvalue weighted by Gasteiger charge is -2.39. The van der Waals surface area contributed by atoms with E-state index in [1.54, 1.807) is 0 Å². The van der Waals surface area contributed by atoms with E-state index < -0.39 is 60.8 Å². The number of rotatable bonds is 12. The molecule has 14 nitrogen and oxygen atoms in total. The van der Waals surface area contributed by atoms with Crippen molar-refractivity contribution in [2.75, 3.05) is 26.3 Å². The molecule has 0 heterocycles. The second kappa shape index (κ2) is 14.3. The SMILES string of the molecule is N[C@@H]1C[C@H](N)[C@@H](O)[C@H](O)[C@H]1OCC(=O)NCCCCCNC(=O)CO[C@@H]1[C@@H](O)[C@H](O)[C@@H](N)C[C@H]1N. The average Bonchev–Trinajstić information content (AvgIpc) is 2.80. The first-order chi connectivity index (χ1) is 16.5. The maximum atomic E-state index is 11.9. The topological polar surface area (TPSA) is 262 Å². The number of aliphatic hydroxyl groups is 4. The molecule has 14 N–H and O–H groups in total. The Morgan fingerprint density at radius 3 is 1.37 bits per heavy atom. The zero-order chi connectivity index (χ0) is 26.1. The number of nitrogens with one attached hydrogen (secondary N) is 2. The highest BCUT2D eigenvalue weighted by Gasteiger charge is 2.42. The third-order valence-electron chi connectivity index (χ3n) is 6.49. The highest BCUT2D eigenvalue weighted by Crippen LogP contribution is 2.21. The van der Waals surface area contributed by atoms with Crippen molar-refractivity contribution in [2.45, 2.75) is 92.9 Å². The fourth-order valence-electron chi connectivity index (χ4n) is 4.35. The van der Waals surface area contributed by atoms with Gasteiger partial charge in [0.15, 0.2) is 0 Å². The Morgan fingerprint density at radius 2 is 1.00 bits per heavy atom. The van der Waals surface area contributed by atoms with Crippen LogP contribution in [0, 0.1) is 0 Å². The average molecular weight is 507 g/mol. The number of carbonyl (C=O) groups is 2. The molecule has 0 radical (unpaired) electrons. The highest BCUT2D eigenvalue weighted by atomic mass is 16.5. The summed E-state index contributed by atoms with van der Waals surface area (Å²) in [7, 11) is 0. The molecule has 2 aliphatic rings. The number of amides is 2. The van der Waals surface area contributed by atoms with Crippen molar-refractivity contribution in [1.29, 1.82) is 0 Å². The minimum Gasteiger partial charge on any atom is -0.389 e. The molecule has 204 valence electrons. The predicted molar refractivity (Wildman–Crippen MR) is 125 cm³/mol. The minimum atomic E-state index is -1.25. The van der Waals surface area contributed by atoms with E-state index in [1.165, 1.54) is 0 Å². The molecular formula is C21H42N6O8. The van der Waals surface area contributed by atoms with Gasteiger partial charge in [-0.1, -0.05) is 0 Å². The molecule has 10 atom stereocenters. The van der Waals surface area contributed by atoms with Gasteiger partial charge in [-0.15, -0.1) is 0 Å². The summed E-state index contributed by atoms with van der Waals surface area (Å²) in [4.78, 5) is 23.9. The third kappa shape index (κ3) is 8.86. The van der Waals surface area contributed by atoms with E-state index in [9.17, 15) is 30.0 Å². The van der Waals surface area contributed by atoms with Gasteiger partial charge in [0.1, 0.15) is 37.6 Å². The lowest BCUT2D eigenvalue weighted by atomic mass is 9.85. The van der Waals surface area contributed by atoms with E-state index in [0.29, 0.717) is 25.9 Å². The van der Waals surface area contributed by atoms with Crippen LogP contribution in [-0.4, -0.2) is 119 Å². The molecule has 0 aromatic carbocycles. The van der Waals surface area contributed by atoms with Gasteiger partial charge in [-0.25, -0.2) is 0 Å². The summed E-state index contributed by atoms with van der Waals surface area (Å²) in [5.41, 5.74) is 23.2. The molecule has 2 fully saturated rings. The van der Waals surface area contributed by atoms with Crippen LogP contribution in [0.15, 0.2) is 0 Å². The summed E-state index contributed by atoms with van der Waals surface area (Å²) >= 11 is 0. The van der Waals surface area contributed by atoms with Crippen molar-refractivity contribution < 1.29 is 39.5 Å². The second-order valence-electron chi connectivity index (χ2n) is 9.40. The zero-order valence-corrected chi connectivity index (χ0v) is 19.9. The van der Waals surface area contributed by atoms with E-state index in [0.717, 1.165) is 6.42 Å². The molecule has 0 unspecified atom stereocenters. The van der Waals surface area contributed by atoms with E-state index in [-0.39, 0.29) is 37.9 Å². The second-order valence-corrected chi connectivity index (χ2v) is 9.40. The Kier molecular flexibility index (Phi) is 12.2. The Morgan fingerprint density at radius 1 is 0.629 bits per heavy atom. The van der Waals surface area contributed by atoms with Crippen LogP contribution in [-0.2, 0) is 19.1 Å². The van der Waals surface area contributed by atoms with Crippen LogP contribution in [0.3, 0.4) is 0 Å². The van der Waals surface area contributed by atoms with Crippen LogP contribution in [0.25, 0.3) is 0 Å². The largest absolute Gasteiger partial charge is 0.389 e. The van der Waals surface area contributed by atoms with Crippen LogP contribution >= 0.6 is 0 Å². The quantitative estimate of drug-likeness (QED) is 0.111. The minimum absolute atomic E-state index is 0.279. The van der Waals surface area contributed by atoms with Crippen molar-refractivity contribution in [3.05, 3.63) is 0 Å². The van der Waals surface area contributed by atoms with Crippen LogP contribution in [0.4, 0.5) is 0 Å². The molecular weight excluding hydrogens is 464 g/mol. The van der Waals surface area contributed by atoms with E-state index >= 15 is 0 Å². The number of hydrogen-bond donors (Lipinski definition) is 10.